The number of carbonyl (C=O) groups excluding carboxylic acids is 3. The Balaban J connectivity index is 1.70. The second-order valence-electron chi connectivity index (χ2n) is 5.42. The molecule has 0 unspecified atom stereocenters. The molecule has 0 atom stereocenters. The number of hydrogen-bond donors (Lipinski definition) is 1. The van der Waals surface area contributed by atoms with E-state index in [0.29, 0.717) is 12.5 Å². The van der Waals surface area contributed by atoms with Crippen molar-refractivity contribution < 1.29 is 14.4 Å². The lowest BCUT2D eigenvalue weighted by Crippen LogP contribution is -2.42. The summed E-state index contributed by atoms with van der Waals surface area (Å²) in [5.41, 5.74) is 0. The Hall–Kier alpha value is -1.43. The van der Waals surface area contributed by atoms with Crippen molar-refractivity contribution in [3.8, 4) is 0 Å². The standard InChI is InChI=1S/C13H21N3O3/c1-15-6-4-10(5-7-15)8-14-11(17)9-16-12(18)2-3-13(16)19/h10H,2-9H2,1H3,(H,14,17). The number of carbonyl (C=O) groups is 3. The van der Waals surface area contributed by atoms with Crippen LogP contribution in [0.1, 0.15) is 25.7 Å². The largest absolute Gasteiger partial charge is 0.354 e. The van der Waals surface area contributed by atoms with Gasteiger partial charge in [-0.1, -0.05) is 0 Å². The van der Waals surface area contributed by atoms with Crippen molar-refractivity contribution in [2.45, 2.75) is 25.7 Å². The van der Waals surface area contributed by atoms with Gasteiger partial charge in [0.1, 0.15) is 6.54 Å². The molecule has 3 amide bonds. The molecule has 2 aliphatic heterocycles. The van der Waals surface area contributed by atoms with Crippen LogP contribution in [0.4, 0.5) is 0 Å². The minimum absolute atomic E-state index is 0.121. The van der Waals surface area contributed by atoms with Gasteiger partial charge in [-0.25, -0.2) is 0 Å². The molecule has 0 aliphatic carbocycles. The number of hydrogen-bond acceptors (Lipinski definition) is 4. The van der Waals surface area contributed by atoms with Gasteiger partial charge < -0.3 is 10.2 Å². The van der Waals surface area contributed by atoms with Gasteiger partial charge in [0.15, 0.2) is 0 Å². The van der Waals surface area contributed by atoms with Crippen molar-refractivity contribution >= 4 is 17.7 Å². The van der Waals surface area contributed by atoms with Crippen LogP contribution in [0.2, 0.25) is 0 Å². The number of likely N-dealkylation sites (tertiary alicyclic amines) is 2. The van der Waals surface area contributed by atoms with Crippen molar-refractivity contribution in [3.63, 3.8) is 0 Å². The summed E-state index contributed by atoms with van der Waals surface area (Å²) < 4.78 is 0. The molecule has 0 aromatic carbocycles. The monoisotopic (exact) mass is 267 g/mol. The fourth-order valence-corrected chi connectivity index (χ4v) is 2.52. The van der Waals surface area contributed by atoms with Crippen LogP contribution in [-0.4, -0.2) is 60.7 Å². The second kappa shape index (κ2) is 6.14. The summed E-state index contributed by atoms with van der Waals surface area (Å²) in [5, 5.41) is 2.83. The topological polar surface area (TPSA) is 69.7 Å². The molecule has 0 radical (unpaired) electrons. The molecule has 0 aromatic rings. The van der Waals surface area contributed by atoms with E-state index in [4.69, 9.17) is 0 Å². The highest BCUT2D eigenvalue weighted by Gasteiger charge is 2.30. The maximum absolute atomic E-state index is 11.7. The van der Waals surface area contributed by atoms with Crippen LogP contribution in [0.3, 0.4) is 0 Å². The molecular weight excluding hydrogens is 246 g/mol. The fourth-order valence-electron chi connectivity index (χ4n) is 2.52. The van der Waals surface area contributed by atoms with Crippen molar-refractivity contribution in [2.75, 3.05) is 33.2 Å². The zero-order valence-corrected chi connectivity index (χ0v) is 11.4. The van der Waals surface area contributed by atoms with E-state index < -0.39 is 0 Å². The third-order valence-corrected chi connectivity index (χ3v) is 3.88. The Labute approximate surface area is 113 Å². The summed E-state index contributed by atoms with van der Waals surface area (Å²) in [5.74, 6) is -0.202. The van der Waals surface area contributed by atoms with Gasteiger partial charge in [0.05, 0.1) is 0 Å². The lowest BCUT2D eigenvalue weighted by molar-refractivity contribution is -0.142. The molecule has 0 saturated carbocycles. The molecule has 2 aliphatic rings. The number of nitrogens with one attached hydrogen (secondary N) is 1. The van der Waals surface area contributed by atoms with Gasteiger partial charge in [0.25, 0.3) is 0 Å². The highest BCUT2D eigenvalue weighted by Crippen LogP contribution is 2.15. The lowest BCUT2D eigenvalue weighted by Gasteiger charge is -2.29. The van der Waals surface area contributed by atoms with Crippen molar-refractivity contribution in [2.24, 2.45) is 5.92 Å². The number of rotatable bonds is 4. The smallest absolute Gasteiger partial charge is 0.240 e. The van der Waals surface area contributed by atoms with Gasteiger partial charge in [-0.15, -0.1) is 0 Å². The Morgan fingerprint density at radius 2 is 1.79 bits per heavy atom. The first kappa shape index (κ1) is 14.0. The van der Waals surface area contributed by atoms with Crippen molar-refractivity contribution in [3.05, 3.63) is 0 Å². The Bertz CT molecular complexity index is 359. The maximum Gasteiger partial charge on any atom is 0.240 e. The third kappa shape index (κ3) is 3.76. The summed E-state index contributed by atoms with van der Waals surface area (Å²) in [6.45, 7) is 2.64. The van der Waals surface area contributed by atoms with Gasteiger partial charge in [-0.2, -0.15) is 0 Å². The van der Waals surface area contributed by atoms with Gasteiger partial charge in [-0.05, 0) is 38.9 Å². The van der Waals surface area contributed by atoms with E-state index in [2.05, 4.69) is 17.3 Å². The number of piperidine rings is 1. The molecule has 2 heterocycles. The summed E-state index contributed by atoms with van der Waals surface area (Å²) in [7, 11) is 2.10. The Kier molecular flexibility index (Phi) is 4.52. The zero-order valence-electron chi connectivity index (χ0n) is 11.4. The first-order valence-corrected chi connectivity index (χ1v) is 6.84. The number of nitrogens with zero attached hydrogens (tertiary/aromatic N) is 2. The molecule has 19 heavy (non-hydrogen) atoms. The predicted octanol–water partition coefficient (Wildman–Crippen LogP) is -0.407. The van der Waals surface area contributed by atoms with E-state index in [1.165, 1.54) is 0 Å². The minimum atomic E-state index is -0.237. The van der Waals surface area contributed by atoms with Gasteiger partial charge >= 0.3 is 0 Å². The van der Waals surface area contributed by atoms with Crippen LogP contribution in [0.15, 0.2) is 0 Å². The highest BCUT2D eigenvalue weighted by atomic mass is 16.2. The van der Waals surface area contributed by atoms with Crippen LogP contribution in [-0.2, 0) is 14.4 Å². The van der Waals surface area contributed by atoms with E-state index in [9.17, 15) is 14.4 Å². The average Bonchev–Trinajstić information content (AvgIpc) is 2.70. The average molecular weight is 267 g/mol. The Morgan fingerprint density at radius 1 is 1.21 bits per heavy atom. The molecule has 2 rings (SSSR count). The first-order valence-electron chi connectivity index (χ1n) is 6.84. The molecular formula is C13H21N3O3. The van der Waals surface area contributed by atoms with Crippen LogP contribution >= 0.6 is 0 Å². The molecule has 2 fully saturated rings. The number of amides is 3. The lowest BCUT2D eigenvalue weighted by atomic mass is 9.97. The minimum Gasteiger partial charge on any atom is -0.354 e. The molecule has 0 bridgehead atoms. The van der Waals surface area contributed by atoms with E-state index in [-0.39, 0.29) is 37.1 Å². The van der Waals surface area contributed by atoms with Crippen LogP contribution < -0.4 is 5.32 Å². The highest BCUT2D eigenvalue weighted by molar-refractivity contribution is 6.04. The molecule has 6 heteroatoms. The molecule has 2 saturated heterocycles. The fraction of sp³-hybridized carbons (Fsp3) is 0.769. The summed E-state index contributed by atoms with van der Waals surface area (Å²) in [6, 6.07) is 0. The van der Waals surface area contributed by atoms with Gasteiger partial charge in [-0.3, -0.25) is 19.3 Å². The predicted molar refractivity (Wildman–Crippen MR) is 69.2 cm³/mol. The van der Waals surface area contributed by atoms with Crippen LogP contribution in [0.5, 0.6) is 0 Å². The quantitative estimate of drug-likeness (QED) is 0.703. The molecule has 0 aromatic heterocycles. The SMILES string of the molecule is CN1CCC(CNC(=O)CN2C(=O)CCC2=O)CC1. The van der Waals surface area contributed by atoms with E-state index in [1.807, 2.05) is 0 Å². The summed E-state index contributed by atoms with van der Waals surface area (Å²) in [4.78, 5) is 37.8. The normalized spacial score (nSPS) is 22.1. The van der Waals surface area contributed by atoms with E-state index in [1.54, 1.807) is 0 Å². The summed E-state index contributed by atoms with van der Waals surface area (Å²) in [6.07, 6.45) is 2.64. The van der Waals surface area contributed by atoms with E-state index >= 15 is 0 Å². The van der Waals surface area contributed by atoms with Crippen molar-refractivity contribution in [1.29, 1.82) is 0 Å². The van der Waals surface area contributed by atoms with Gasteiger partial charge in [0.2, 0.25) is 17.7 Å². The maximum atomic E-state index is 11.7. The molecule has 6 nitrogen and oxygen atoms in total. The molecule has 1 N–H and O–H groups in total. The third-order valence-electron chi connectivity index (χ3n) is 3.88. The summed E-state index contributed by atoms with van der Waals surface area (Å²) >= 11 is 0. The van der Waals surface area contributed by atoms with Crippen molar-refractivity contribution in [1.82, 2.24) is 15.1 Å². The Morgan fingerprint density at radius 3 is 2.37 bits per heavy atom. The molecule has 0 spiro atoms. The second-order valence-corrected chi connectivity index (χ2v) is 5.42. The number of imide groups is 1. The van der Waals surface area contributed by atoms with Crippen LogP contribution in [0.25, 0.3) is 0 Å². The van der Waals surface area contributed by atoms with Crippen LogP contribution in [0, 0.1) is 5.92 Å². The van der Waals surface area contributed by atoms with E-state index in [0.717, 1.165) is 30.8 Å². The molecule has 106 valence electrons. The van der Waals surface area contributed by atoms with Gasteiger partial charge in [0, 0.05) is 19.4 Å². The zero-order chi connectivity index (χ0) is 13.8. The first-order chi connectivity index (χ1) is 9.06.